The van der Waals surface area contributed by atoms with E-state index in [0.29, 0.717) is 5.82 Å². The standard InChI is InChI=1S/C19H19BrN4O/c1-3-14-4-6-15(7-5-14)13(2)24-19(25)16(11-21)12-23-18-10-17(20)8-9-22-18/h4-10,12-13H,3H2,1-2H3,(H,22,23)(H,24,25)/b16-12-. The maximum Gasteiger partial charge on any atom is 0.263 e. The third kappa shape index (κ3) is 5.44. The lowest BCUT2D eigenvalue weighted by Gasteiger charge is -2.14. The molecule has 1 aromatic carbocycles. The number of amides is 1. The van der Waals surface area contributed by atoms with Gasteiger partial charge in [0.1, 0.15) is 17.5 Å². The molecule has 0 bridgehead atoms. The molecule has 1 atom stereocenters. The van der Waals surface area contributed by atoms with Gasteiger partial charge in [-0.1, -0.05) is 47.1 Å². The Bertz CT molecular complexity index is 809. The lowest BCUT2D eigenvalue weighted by atomic mass is 10.0. The fraction of sp³-hybridized carbons (Fsp3) is 0.211. The molecule has 1 unspecified atom stereocenters. The molecule has 0 aliphatic carbocycles. The first-order valence-corrected chi connectivity index (χ1v) is 8.70. The molecule has 1 heterocycles. The van der Waals surface area contributed by atoms with Crippen LogP contribution in [-0.4, -0.2) is 10.9 Å². The molecule has 0 radical (unpaired) electrons. The number of pyridine rings is 1. The summed E-state index contributed by atoms with van der Waals surface area (Å²) in [6.45, 7) is 3.98. The van der Waals surface area contributed by atoms with Crippen molar-refractivity contribution in [3.63, 3.8) is 0 Å². The monoisotopic (exact) mass is 398 g/mol. The second kappa shape index (κ2) is 9.00. The third-order valence-electron chi connectivity index (χ3n) is 3.69. The van der Waals surface area contributed by atoms with E-state index in [1.165, 1.54) is 11.8 Å². The summed E-state index contributed by atoms with van der Waals surface area (Å²) in [5.74, 6) is 0.107. The number of aromatic nitrogens is 1. The summed E-state index contributed by atoms with van der Waals surface area (Å²) in [5.41, 5.74) is 2.22. The van der Waals surface area contributed by atoms with Crippen molar-refractivity contribution in [3.8, 4) is 6.07 Å². The molecular weight excluding hydrogens is 380 g/mol. The zero-order valence-electron chi connectivity index (χ0n) is 14.1. The number of hydrogen-bond donors (Lipinski definition) is 2. The van der Waals surface area contributed by atoms with Gasteiger partial charge in [0.15, 0.2) is 0 Å². The minimum atomic E-state index is -0.433. The number of hydrogen-bond acceptors (Lipinski definition) is 4. The number of carbonyl (C=O) groups excluding carboxylic acids is 1. The minimum absolute atomic E-state index is 0.0150. The molecule has 0 saturated carbocycles. The smallest absolute Gasteiger partial charge is 0.263 e. The van der Waals surface area contributed by atoms with Crippen molar-refractivity contribution in [1.82, 2.24) is 10.3 Å². The first-order chi connectivity index (χ1) is 12.0. The summed E-state index contributed by atoms with van der Waals surface area (Å²) < 4.78 is 0.852. The predicted molar refractivity (Wildman–Crippen MR) is 102 cm³/mol. The highest BCUT2D eigenvalue weighted by molar-refractivity contribution is 9.10. The minimum Gasteiger partial charge on any atom is -0.345 e. The summed E-state index contributed by atoms with van der Waals surface area (Å²) in [4.78, 5) is 16.4. The van der Waals surface area contributed by atoms with Gasteiger partial charge in [-0.05, 0) is 36.6 Å². The van der Waals surface area contributed by atoms with Crippen LogP contribution in [0.1, 0.15) is 31.0 Å². The molecular formula is C19H19BrN4O. The Hall–Kier alpha value is -2.65. The van der Waals surface area contributed by atoms with E-state index in [0.717, 1.165) is 16.5 Å². The van der Waals surface area contributed by atoms with E-state index in [9.17, 15) is 10.1 Å². The van der Waals surface area contributed by atoms with E-state index < -0.39 is 5.91 Å². The van der Waals surface area contributed by atoms with Crippen molar-refractivity contribution in [2.45, 2.75) is 26.3 Å². The second-order valence-corrected chi connectivity index (χ2v) is 6.38. The van der Waals surface area contributed by atoms with Gasteiger partial charge < -0.3 is 10.6 Å². The number of nitriles is 1. The Morgan fingerprint density at radius 1 is 1.36 bits per heavy atom. The van der Waals surface area contributed by atoms with Crippen molar-refractivity contribution in [1.29, 1.82) is 5.26 Å². The molecule has 6 heteroatoms. The number of anilines is 1. The summed E-state index contributed by atoms with van der Waals surface area (Å²) >= 11 is 3.34. The Kier molecular flexibility index (Phi) is 6.72. The van der Waals surface area contributed by atoms with Crippen LogP contribution in [0, 0.1) is 11.3 Å². The average Bonchev–Trinajstić information content (AvgIpc) is 2.62. The highest BCUT2D eigenvalue weighted by atomic mass is 79.9. The summed E-state index contributed by atoms with van der Waals surface area (Å²) in [6.07, 6.45) is 3.95. The van der Waals surface area contributed by atoms with Gasteiger partial charge in [-0.15, -0.1) is 0 Å². The number of benzene rings is 1. The van der Waals surface area contributed by atoms with Crippen LogP contribution in [0.25, 0.3) is 0 Å². The third-order valence-corrected chi connectivity index (χ3v) is 4.18. The SMILES string of the molecule is CCc1ccc(C(C)NC(=O)/C(C#N)=C\Nc2cc(Br)ccn2)cc1. The van der Waals surface area contributed by atoms with Gasteiger partial charge in [0.05, 0.1) is 6.04 Å². The molecule has 2 aromatic rings. The van der Waals surface area contributed by atoms with Crippen LogP contribution in [0.15, 0.2) is 58.8 Å². The fourth-order valence-electron chi connectivity index (χ4n) is 2.18. The number of nitrogens with one attached hydrogen (secondary N) is 2. The number of halogens is 1. The molecule has 128 valence electrons. The van der Waals surface area contributed by atoms with E-state index in [2.05, 4.69) is 38.5 Å². The fourth-order valence-corrected chi connectivity index (χ4v) is 2.51. The predicted octanol–water partition coefficient (Wildman–Crippen LogP) is 4.10. The van der Waals surface area contributed by atoms with Crippen molar-refractivity contribution in [3.05, 3.63) is 70.0 Å². The molecule has 1 aromatic heterocycles. The van der Waals surface area contributed by atoms with Gasteiger partial charge in [0.25, 0.3) is 5.91 Å². The Balaban J connectivity index is 2.03. The number of nitrogens with zero attached hydrogens (tertiary/aromatic N) is 2. The molecule has 1 amide bonds. The Morgan fingerprint density at radius 3 is 2.68 bits per heavy atom. The summed E-state index contributed by atoms with van der Waals surface area (Å²) in [5, 5.41) is 14.9. The van der Waals surface area contributed by atoms with Crippen molar-refractivity contribution >= 4 is 27.7 Å². The van der Waals surface area contributed by atoms with Crippen molar-refractivity contribution in [2.75, 3.05) is 5.32 Å². The number of aryl methyl sites for hydroxylation is 1. The Labute approximate surface area is 155 Å². The van der Waals surface area contributed by atoms with Gasteiger partial charge in [-0.25, -0.2) is 4.98 Å². The van der Waals surface area contributed by atoms with E-state index in [1.807, 2.05) is 37.3 Å². The summed E-state index contributed by atoms with van der Waals surface area (Å²) in [7, 11) is 0. The van der Waals surface area contributed by atoms with Crippen LogP contribution >= 0.6 is 15.9 Å². The average molecular weight is 399 g/mol. The van der Waals surface area contributed by atoms with Crippen LogP contribution in [-0.2, 0) is 11.2 Å². The van der Waals surface area contributed by atoms with Gasteiger partial charge in [-0.3, -0.25) is 4.79 Å². The Morgan fingerprint density at radius 2 is 2.08 bits per heavy atom. The lowest BCUT2D eigenvalue weighted by Crippen LogP contribution is -2.28. The van der Waals surface area contributed by atoms with Gasteiger partial charge >= 0.3 is 0 Å². The van der Waals surface area contributed by atoms with Crippen LogP contribution in [0.2, 0.25) is 0 Å². The van der Waals surface area contributed by atoms with Crippen LogP contribution in [0.4, 0.5) is 5.82 Å². The molecule has 2 N–H and O–H groups in total. The highest BCUT2D eigenvalue weighted by Gasteiger charge is 2.13. The van der Waals surface area contributed by atoms with E-state index >= 15 is 0 Å². The molecule has 0 fully saturated rings. The van der Waals surface area contributed by atoms with Crippen LogP contribution in [0.3, 0.4) is 0 Å². The number of rotatable bonds is 6. The first kappa shape index (κ1) is 18.7. The molecule has 2 rings (SSSR count). The molecule has 0 aliphatic rings. The molecule has 25 heavy (non-hydrogen) atoms. The van der Waals surface area contributed by atoms with E-state index in [1.54, 1.807) is 18.3 Å². The zero-order valence-corrected chi connectivity index (χ0v) is 15.7. The quantitative estimate of drug-likeness (QED) is 0.566. The van der Waals surface area contributed by atoms with Gasteiger partial charge in [-0.2, -0.15) is 5.26 Å². The maximum absolute atomic E-state index is 12.3. The zero-order chi connectivity index (χ0) is 18.2. The van der Waals surface area contributed by atoms with E-state index in [4.69, 9.17) is 0 Å². The van der Waals surface area contributed by atoms with E-state index in [-0.39, 0.29) is 11.6 Å². The first-order valence-electron chi connectivity index (χ1n) is 7.91. The largest absolute Gasteiger partial charge is 0.345 e. The number of carbonyl (C=O) groups is 1. The maximum atomic E-state index is 12.3. The lowest BCUT2D eigenvalue weighted by molar-refractivity contribution is -0.117. The summed E-state index contributed by atoms with van der Waals surface area (Å²) in [6, 6.07) is 13.3. The van der Waals surface area contributed by atoms with Crippen LogP contribution in [0.5, 0.6) is 0 Å². The van der Waals surface area contributed by atoms with Crippen molar-refractivity contribution < 1.29 is 4.79 Å². The van der Waals surface area contributed by atoms with Gasteiger partial charge in [0.2, 0.25) is 0 Å². The normalized spacial score (nSPS) is 12.2. The van der Waals surface area contributed by atoms with Crippen LogP contribution < -0.4 is 10.6 Å². The molecule has 0 spiro atoms. The second-order valence-electron chi connectivity index (χ2n) is 5.46. The molecule has 0 aliphatic heterocycles. The van der Waals surface area contributed by atoms with Gasteiger partial charge in [0, 0.05) is 16.9 Å². The van der Waals surface area contributed by atoms with Crippen molar-refractivity contribution in [2.24, 2.45) is 0 Å². The molecule has 0 saturated heterocycles. The highest BCUT2D eigenvalue weighted by Crippen LogP contribution is 2.15. The molecule has 5 nitrogen and oxygen atoms in total. The topological polar surface area (TPSA) is 77.8 Å².